The molecule has 1 aromatic heterocycles. The fourth-order valence-corrected chi connectivity index (χ4v) is 2.54. The molecule has 0 bridgehead atoms. The van der Waals surface area contributed by atoms with Crippen LogP contribution in [0.25, 0.3) is 0 Å². The Bertz CT molecular complexity index is 803. The van der Waals surface area contributed by atoms with Crippen molar-refractivity contribution in [1.29, 1.82) is 0 Å². The first-order valence-electron chi connectivity index (χ1n) is 6.54. The number of aromatic nitrogens is 1. The molecule has 1 aliphatic heterocycles. The fraction of sp³-hybridized carbons (Fsp3) is 0.0667. The zero-order valence-corrected chi connectivity index (χ0v) is 13.1. The van der Waals surface area contributed by atoms with Crippen LogP contribution in [0, 0.1) is 0 Å². The normalized spacial score (nSPS) is 13.2. The number of nitrogens with zero attached hydrogens (tertiary/aromatic N) is 2. The van der Waals surface area contributed by atoms with E-state index in [9.17, 15) is 14.4 Å². The van der Waals surface area contributed by atoms with Gasteiger partial charge >= 0.3 is 0 Å². The number of fused-ring (bicyclic) bond motifs is 1. The van der Waals surface area contributed by atoms with Crippen molar-refractivity contribution in [1.82, 2.24) is 9.88 Å². The third-order valence-corrected chi connectivity index (χ3v) is 4.08. The topological polar surface area (TPSA) is 79.4 Å². The highest BCUT2D eigenvalue weighted by atomic mass is 35.5. The largest absolute Gasteiger partial charge is 0.323 e. The number of rotatable bonds is 3. The van der Waals surface area contributed by atoms with Crippen molar-refractivity contribution in [2.24, 2.45) is 0 Å². The lowest BCUT2D eigenvalue weighted by atomic mass is 10.2. The Balaban J connectivity index is 1.76. The molecule has 0 atom stereocenters. The van der Waals surface area contributed by atoms with Crippen LogP contribution >= 0.6 is 23.2 Å². The molecule has 6 nitrogen and oxygen atoms in total. The molecule has 0 aliphatic carbocycles. The summed E-state index contributed by atoms with van der Waals surface area (Å²) in [4.78, 5) is 41.1. The lowest BCUT2D eigenvalue weighted by Gasteiger charge is -2.14. The Labute approximate surface area is 141 Å². The first-order valence-corrected chi connectivity index (χ1v) is 7.29. The molecule has 1 N–H and O–H groups in total. The van der Waals surface area contributed by atoms with Crippen molar-refractivity contribution in [3.05, 3.63) is 57.8 Å². The minimum absolute atomic E-state index is 0.0473. The first kappa shape index (κ1) is 15.5. The average molecular weight is 350 g/mol. The second-order valence-electron chi connectivity index (χ2n) is 4.75. The summed E-state index contributed by atoms with van der Waals surface area (Å²) in [5, 5.41) is 3.00. The van der Waals surface area contributed by atoms with Crippen molar-refractivity contribution in [2.45, 2.75) is 0 Å². The molecule has 2 aromatic rings. The Kier molecular flexibility index (Phi) is 4.02. The third kappa shape index (κ3) is 2.78. The maximum absolute atomic E-state index is 12.2. The van der Waals surface area contributed by atoms with Gasteiger partial charge in [0.15, 0.2) is 0 Å². The molecule has 3 rings (SSSR count). The highest BCUT2D eigenvalue weighted by Crippen LogP contribution is 2.29. The van der Waals surface area contributed by atoms with Crippen molar-refractivity contribution < 1.29 is 14.4 Å². The zero-order chi connectivity index (χ0) is 16.6. The van der Waals surface area contributed by atoms with Crippen molar-refractivity contribution in [2.75, 3.05) is 11.9 Å². The van der Waals surface area contributed by atoms with Gasteiger partial charge in [-0.15, -0.1) is 0 Å². The summed E-state index contributed by atoms with van der Waals surface area (Å²) in [5.41, 5.74) is 0.538. The molecule has 23 heavy (non-hydrogen) atoms. The SMILES string of the molecule is O=C(CN1C(=O)c2cccnc2C1=O)Nc1cccc(Cl)c1Cl. The molecule has 0 saturated heterocycles. The number of hydrogen-bond acceptors (Lipinski definition) is 4. The van der Waals surface area contributed by atoms with E-state index < -0.39 is 24.3 Å². The number of nitrogens with one attached hydrogen (secondary N) is 1. The standard InChI is InChI=1S/C15H9Cl2N3O3/c16-9-4-1-5-10(12(9)17)19-11(21)7-20-14(22)8-3-2-6-18-13(8)15(20)23/h1-6H,7H2,(H,19,21). The number of hydrogen-bond donors (Lipinski definition) is 1. The molecule has 0 radical (unpaired) electrons. The molecule has 0 saturated carbocycles. The lowest BCUT2D eigenvalue weighted by molar-refractivity contribution is -0.116. The summed E-state index contributed by atoms with van der Waals surface area (Å²) in [7, 11) is 0. The van der Waals surface area contributed by atoms with Gasteiger partial charge in [-0.05, 0) is 24.3 Å². The molecule has 2 heterocycles. The molecule has 116 valence electrons. The zero-order valence-electron chi connectivity index (χ0n) is 11.5. The van der Waals surface area contributed by atoms with Crippen molar-refractivity contribution >= 4 is 46.6 Å². The summed E-state index contributed by atoms with van der Waals surface area (Å²) >= 11 is 11.8. The quantitative estimate of drug-likeness (QED) is 0.863. The van der Waals surface area contributed by atoms with Gasteiger partial charge in [0.05, 0.1) is 21.3 Å². The summed E-state index contributed by atoms with van der Waals surface area (Å²) in [6, 6.07) is 7.81. The minimum Gasteiger partial charge on any atom is -0.323 e. The lowest BCUT2D eigenvalue weighted by Crippen LogP contribution is -2.37. The van der Waals surface area contributed by atoms with Gasteiger partial charge in [-0.2, -0.15) is 0 Å². The van der Waals surface area contributed by atoms with Crippen LogP contribution in [-0.4, -0.2) is 34.2 Å². The number of amides is 3. The Morgan fingerprint density at radius 3 is 2.65 bits per heavy atom. The molecule has 1 aromatic carbocycles. The number of imide groups is 1. The van der Waals surface area contributed by atoms with E-state index in [1.807, 2.05) is 0 Å². The average Bonchev–Trinajstić information content (AvgIpc) is 2.77. The van der Waals surface area contributed by atoms with E-state index >= 15 is 0 Å². The van der Waals surface area contributed by atoms with E-state index in [1.54, 1.807) is 24.3 Å². The van der Waals surface area contributed by atoms with Crippen LogP contribution in [-0.2, 0) is 4.79 Å². The van der Waals surface area contributed by atoms with Gasteiger partial charge in [0, 0.05) is 6.20 Å². The monoisotopic (exact) mass is 349 g/mol. The molecule has 1 aliphatic rings. The van der Waals surface area contributed by atoms with E-state index in [-0.39, 0.29) is 21.3 Å². The van der Waals surface area contributed by atoms with Crippen molar-refractivity contribution in [3.8, 4) is 0 Å². The molecular weight excluding hydrogens is 341 g/mol. The van der Waals surface area contributed by atoms with Crippen LogP contribution in [0.2, 0.25) is 10.0 Å². The smallest absolute Gasteiger partial charge is 0.280 e. The number of carbonyl (C=O) groups excluding carboxylic acids is 3. The number of carbonyl (C=O) groups is 3. The van der Waals surface area contributed by atoms with Crippen LogP contribution < -0.4 is 5.32 Å². The number of pyridine rings is 1. The van der Waals surface area contributed by atoms with Crippen molar-refractivity contribution in [3.63, 3.8) is 0 Å². The van der Waals surface area contributed by atoms with E-state index in [1.165, 1.54) is 12.3 Å². The van der Waals surface area contributed by atoms with Gasteiger partial charge < -0.3 is 5.32 Å². The highest BCUT2D eigenvalue weighted by Gasteiger charge is 2.37. The molecule has 8 heteroatoms. The van der Waals surface area contributed by atoms with Gasteiger partial charge in [0.1, 0.15) is 12.2 Å². The second-order valence-corrected chi connectivity index (χ2v) is 5.53. The Morgan fingerprint density at radius 2 is 1.91 bits per heavy atom. The minimum atomic E-state index is -0.599. The summed E-state index contributed by atoms with van der Waals surface area (Å²) < 4.78 is 0. The molecular formula is C15H9Cl2N3O3. The number of halogens is 2. The van der Waals surface area contributed by atoms with E-state index in [4.69, 9.17) is 23.2 Å². The molecule has 0 spiro atoms. The predicted molar refractivity (Wildman–Crippen MR) is 84.7 cm³/mol. The van der Waals surface area contributed by atoms with Gasteiger partial charge in [0.25, 0.3) is 11.8 Å². The van der Waals surface area contributed by atoms with E-state index in [2.05, 4.69) is 10.3 Å². The molecule has 0 fully saturated rings. The Hall–Kier alpha value is -2.44. The number of anilines is 1. The van der Waals surface area contributed by atoms with Crippen LogP contribution in [0.1, 0.15) is 20.8 Å². The van der Waals surface area contributed by atoms with Crippen LogP contribution in [0.3, 0.4) is 0 Å². The van der Waals surface area contributed by atoms with Gasteiger partial charge in [-0.25, -0.2) is 0 Å². The Morgan fingerprint density at radius 1 is 1.13 bits per heavy atom. The van der Waals surface area contributed by atoms with Crippen LogP contribution in [0.5, 0.6) is 0 Å². The van der Waals surface area contributed by atoms with Gasteiger partial charge in [-0.1, -0.05) is 29.3 Å². The third-order valence-electron chi connectivity index (χ3n) is 3.26. The fourth-order valence-electron chi connectivity index (χ4n) is 2.19. The molecule has 3 amide bonds. The summed E-state index contributed by atoms with van der Waals surface area (Å²) in [6.07, 6.45) is 1.42. The van der Waals surface area contributed by atoms with Gasteiger partial charge in [0.2, 0.25) is 5.91 Å². The van der Waals surface area contributed by atoms with Crippen LogP contribution in [0.15, 0.2) is 36.5 Å². The maximum Gasteiger partial charge on any atom is 0.280 e. The summed E-state index contributed by atoms with van der Waals surface area (Å²) in [5.74, 6) is -1.72. The highest BCUT2D eigenvalue weighted by molar-refractivity contribution is 6.44. The van der Waals surface area contributed by atoms with Crippen LogP contribution in [0.4, 0.5) is 5.69 Å². The summed E-state index contributed by atoms with van der Waals surface area (Å²) in [6.45, 7) is -0.434. The van der Waals surface area contributed by atoms with E-state index in [0.717, 1.165) is 4.90 Å². The molecule has 0 unspecified atom stereocenters. The second kappa shape index (κ2) is 5.98. The van der Waals surface area contributed by atoms with Gasteiger partial charge in [-0.3, -0.25) is 24.3 Å². The van der Waals surface area contributed by atoms with E-state index in [0.29, 0.717) is 5.69 Å². The predicted octanol–water partition coefficient (Wildman–Crippen LogP) is 2.62. The number of benzene rings is 1. The first-order chi connectivity index (χ1) is 11.0. The maximum atomic E-state index is 12.2.